The highest BCUT2D eigenvalue weighted by atomic mass is 14.6. The van der Waals surface area contributed by atoms with E-state index in [1.807, 2.05) is 0 Å². The second-order valence-electron chi connectivity index (χ2n) is 8.11. The summed E-state index contributed by atoms with van der Waals surface area (Å²) in [5.74, 6) is 2.89. The summed E-state index contributed by atoms with van der Waals surface area (Å²) in [5, 5.41) is 0. The highest BCUT2D eigenvalue weighted by Crippen LogP contribution is 2.51. The van der Waals surface area contributed by atoms with Crippen LogP contribution in [0.1, 0.15) is 70.0 Å². The van der Waals surface area contributed by atoms with Crippen molar-refractivity contribution in [1.29, 1.82) is 0 Å². The molecule has 4 atom stereocenters. The SMILES string of the molecule is CC(C)(C)c1ccccc1C(N)CC1CC2CCC1C2. The second-order valence-corrected chi connectivity index (χ2v) is 8.11. The molecule has 4 unspecified atom stereocenters. The van der Waals surface area contributed by atoms with E-state index >= 15 is 0 Å². The van der Waals surface area contributed by atoms with Gasteiger partial charge in [0.2, 0.25) is 0 Å². The lowest BCUT2D eigenvalue weighted by atomic mass is 9.78. The predicted octanol–water partition coefficient (Wildman–Crippen LogP) is 4.81. The van der Waals surface area contributed by atoms with Crippen LogP contribution in [0.15, 0.2) is 24.3 Å². The lowest BCUT2D eigenvalue weighted by Gasteiger charge is -2.29. The molecule has 0 heterocycles. The van der Waals surface area contributed by atoms with E-state index in [0.717, 1.165) is 17.8 Å². The van der Waals surface area contributed by atoms with Crippen molar-refractivity contribution in [1.82, 2.24) is 0 Å². The van der Waals surface area contributed by atoms with Gasteiger partial charge in [-0.1, -0.05) is 51.5 Å². The van der Waals surface area contributed by atoms with Crippen molar-refractivity contribution in [2.75, 3.05) is 0 Å². The van der Waals surface area contributed by atoms with E-state index in [9.17, 15) is 0 Å². The maximum Gasteiger partial charge on any atom is 0.0300 e. The molecule has 0 saturated heterocycles. The van der Waals surface area contributed by atoms with Crippen LogP contribution in [0.4, 0.5) is 0 Å². The lowest BCUT2D eigenvalue weighted by molar-refractivity contribution is 0.295. The summed E-state index contributed by atoms with van der Waals surface area (Å²) in [6.45, 7) is 6.86. The molecule has 2 fully saturated rings. The molecule has 2 saturated carbocycles. The second kappa shape index (κ2) is 5.18. The molecule has 2 N–H and O–H groups in total. The van der Waals surface area contributed by atoms with E-state index in [2.05, 4.69) is 45.0 Å². The Morgan fingerprint density at radius 2 is 1.90 bits per heavy atom. The minimum Gasteiger partial charge on any atom is -0.324 e. The zero-order chi connectivity index (χ0) is 14.3. The molecule has 0 aliphatic heterocycles. The van der Waals surface area contributed by atoms with Gasteiger partial charge in [0, 0.05) is 6.04 Å². The maximum absolute atomic E-state index is 6.60. The summed E-state index contributed by atoms with van der Waals surface area (Å²) in [7, 11) is 0. The van der Waals surface area contributed by atoms with Crippen molar-refractivity contribution >= 4 is 0 Å². The van der Waals surface area contributed by atoms with E-state index in [1.54, 1.807) is 0 Å². The summed E-state index contributed by atoms with van der Waals surface area (Å²) in [6, 6.07) is 9.02. The number of rotatable bonds is 3. The Morgan fingerprint density at radius 1 is 1.15 bits per heavy atom. The van der Waals surface area contributed by atoms with E-state index in [-0.39, 0.29) is 11.5 Å². The van der Waals surface area contributed by atoms with Crippen LogP contribution in [0.5, 0.6) is 0 Å². The molecular weight excluding hydrogens is 242 g/mol. The number of nitrogens with two attached hydrogens (primary N) is 1. The molecule has 0 radical (unpaired) electrons. The van der Waals surface area contributed by atoms with Gasteiger partial charge in [0.05, 0.1) is 0 Å². The number of hydrogen-bond donors (Lipinski definition) is 1. The lowest BCUT2D eigenvalue weighted by Crippen LogP contribution is -2.23. The van der Waals surface area contributed by atoms with Crippen LogP contribution < -0.4 is 5.73 Å². The largest absolute Gasteiger partial charge is 0.324 e. The van der Waals surface area contributed by atoms with Gasteiger partial charge in [-0.2, -0.15) is 0 Å². The van der Waals surface area contributed by atoms with Gasteiger partial charge in [0.1, 0.15) is 0 Å². The fourth-order valence-electron chi connectivity index (χ4n) is 4.62. The molecule has 1 nitrogen and oxygen atoms in total. The third-order valence-electron chi connectivity index (χ3n) is 5.61. The zero-order valence-electron chi connectivity index (χ0n) is 13.2. The van der Waals surface area contributed by atoms with Crippen molar-refractivity contribution < 1.29 is 0 Å². The molecule has 110 valence electrons. The van der Waals surface area contributed by atoms with E-state index < -0.39 is 0 Å². The molecule has 1 aromatic rings. The third-order valence-corrected chi connectivity index (χ3v) is 5.61. The zero-order valence-corrected chi connectivity index (χ0v) is 13.2. The number of benzene rings is 1. The molecule has 2 bridgehead atoms. The van der Waals surface area contributed by atoms with Gasteiger partial charge in [-0.3, -0.25) is 0 Å². The smallest absolute Gasteiger partial charge is 0.0300 e. The monoisotopic (exact) mass is 271 g/mol. The van der Waals surface area contributed by atoms with Gasteiger partial charge in [-0.15, -0.1) is 0 Å². The van der Waals surface area contributed by atoms with Crippen LogP contribution in [-0.2, 0) is 5.41 Å². The van der Waals surface area contributed by atoms with Gasteiger partial charge in [-0.25, -0.2) is 0 Å². The first-order valence-electron chi connectivity index (χ1n) is 8.30. The van der Waals surface area contributed by atoms with Crippen LogP contribution in [0.25, 0.3) is 0 Å². The van der Waals surface area contributed by atoms with Crippen LogP contribution in [0.3, 0.4) is 0 Å². The Balaban J connectivity index is 1.76. The van der Waals surface area contributed by atoms with Crippen molar-refractivity contribution in [3.63, 3.8) is 0 Å². The molecule has 2 aliphatic carbocycles. The average Bonchev–Trinajstić information content (AvgIpc) is 3.00. The average molecular weight is 271 g/mol. The standard InChI is InChI=1S/C19H29N/c1-19(2,3)17-7-5-4-6-16(17)18(20)12-15-11-13-8-9-14(15)10-13/h4-7,13-15,18H,8-12,20H2,1-3H3. The molecule has 3 rings (SSSR count). The topological polar surface area (TPSA) is 26.0 Å². The Hall–Kier alpha value is -0.820. The van der Waals surface area contributed by atoms with Crippen LogP contribution in [-0.4, -0.2) is 0 Å². The maximum atomic E-state index is 6.60. The quantitative estimate of drug-likeness (QED) is 0.838. The summed E-state index contributed by atoms with van der Waals surface area (Å²) in [4.78, 5) is 0. The van der Waals surface area contributed by atoms with Gasteiger partial charge < -0.3 is 5.73 Å². The minimum atomic E-state index is 0.183. The molecule has 1 heteroatoms. The minimum absolute atomic E-state index is 0.183. The summed E-state index contributed by atoms with van der Waals surface area (Å²) >= 11 is 0. The normalized spacial score (nSPS) is 30.7. The van der Waals surface area contributed by atoms with E-state index in [4.69, 9.17) is 5.73 Å². The Labute approximate surface area is 124 Å². The molecule has 0 spiro atoms. The fraction of sp³-hybridized carbons (Fsp3) is 0.684. The summed E-state index contributed by atoms with van der Waals surface area (Å²) in [5.41, 5.74) is 9.59. The molecule has 0 aromatic heterocycles. The van der Waals surface area contributed by atoms with Crippen molar-refractivity contribution in [2.45, 2.75) is 64.3 Å². The van der Waals surface area contributed by atoms with Crippen LogP contribution >= 0.6 is 0 Å². The van der Waals surface area contributed by atoms with E-state index in [0.29, 0.717) is 0 Å². The van der Waals surface area contributed by atoms with Crippen LogP contribution in [0, 0.1) is 17.8 Å². The fourth-order valence-corrected chi connectivity index (χ4v) is 4.62. The van der Waals surface area contributed by atoms with Crippen LogP contribution in [0.2, 0.25) is 0 Å². The third kappa shape index (κ3) is 2.65. The van der Waals surface area contributed by atoms with Gasteiger partial charge in [-0.05, 0) is 60.0 Å². The summed E-state index contributed by atoms with van der Waals surface area (Å²) in [6.07, 6.45) is 7.06. The van der Waals surface area contributed by atoms with E-state index in [1.165, 1.54) is 43.2 Å². The Bertz CT molecular complexity index is 471. The molecule has 1 aromatic carbocycles. The summed E-state index contributed by atoms with van der Waals surface area (Å²) < 4.78 is 0. The van der Waals surface area contributed by atoms with Gasteiger partial charge in [0.15, 0.2) is 0 Å². The Morgan fingerprint density at radius 3 is 2.50 bits per heavy atom. The molecule has 0 amide bonds. The number of hydrogen-bond acceptors (Lipinski definition) is 1. The Kier molecular flexibility index (Phi) is 3.66. The van der Waals surface area contributed by atoms with Gasteiger partial charge in [0.25, 0.3) is 0 Å². The van der Waals surface area contributed by atoms with Crippen molar-refractivity contribution in [3.8, 4) is 0 Å². The first kappa shape index (κ1) is 14.1. The first-order valence-corrected chi connectivity index (χ1v) is 8.30. The highest BCUT2D eigenvalue weighted by Gasteiger charge is 2.40. The number of fused-ring (bicyclic) bond motifs is 2. The first-order chi connectivity index (χ1) is 9.45. The molecule has 20 heavy (non-hydrogen) atoms. The predicted molar refractivity (Wildman–Crippen MR) is 85.6 cm³/mol. The van der Waals surface area contributed by atoms with Crippen molar-refractivity contribution in [3.05, 3.63) is 35.4 Å². The molecule has 2 aliphatic rings. The van der Waals surface area contributed by atoms with Gasteiger partial charge >= 0.3 is 0 Å². The molecular formula is C19H29N. The van der Waals surface area contributed by atoms with Crippen molar-refractivity contribution in [2.24, 2.45) is 23.5 Å². The highest BCUT2D eigenvalue weighted by molar-refractivity contribution is 5.35.